The van der Waals surface area contributed by atoms with Crippen LogP contribution in [-0.4, -0.2) is 32.1 Å². The first-order chi connectivity index (χ1) is 17.1. The van der Waals surface area contributed by atoms with Crippen LogP contribution in [0.5, 0.6) is 17.2 Å². The lowest BCUT2D eigenvalue weighted by atomic mass is 9.79. The van der Waals surface area contributed by atoms with Gasteiger partial charge in [-0.15, -0.1) is 13.2 Å². The Balaban J connectivity index is 1.50. The Kier molecular flexibility index (Phi) is 7.10. The molecule has 1 aliphatic heterocycles. The number of hydrogen-bond donors (Lipinski definition) is 3. The number of anilines is 1. The normalized spacial score (nSPS) is 18.7. The topological polar surface area (TPSA) is 138 Å². The van der Waals surface area contributed by atoms with Gasteiger partial charge in [0.25, 0.3) is 12.4 Å². The van der Waals surface area contributed by atoms with Gasteiger partial charge in [-0.25, -0.2) is 5.84 Å². The van der Waals surface area contributed by atoms with Gasteiger partial charge in [-0.1, -0.05) is 0 Å². The SMILES string of the molecule is N/C(=C\N(N)c1ccc(OC(F)(F)F)cc1)C(=O)NC1c2cc3c(cc2CCC1COC=O)OCO3. The molecule has 192 valence electrons. The third-order valence-corrected chi connectivity index (χ3v) is 5.80. The Hall–Kier alpha value is -4.13. The largest absolute Gasteiger partial charge is 0.573 e. The van der Waals surface area contributed by atoms with E-state index in [1.807, 2.05) is 6.07 Å². The highest BCUT2D eigenvalue weighted by Gasteiger charge is 2.34. The fourth-order valence-electron chi connectivity index (χ4n) is 4.13. The zero-order chi connectivity index (χ0) is 25.9. The smallest absolute Gasteiger partial charge is 0.468 e. The Morgan fingerprint density at radius 3 is 2.56 bits per heavy atom. The molecule has 2 atom stereocenters. The highest BCUT2D eigenvalue weighted by Crippen LogP contribution is 2.42. The number of nitrogens with zero attached hydrogens (tertiary/aromatic N) is 1. The van der Waals surface area contributed by atoms with Crippen molar-refractivity contribution in [2.45, 2.75) is 25.2 Å². The summed E-state index contributed by atoms with van der Waals surface area (Å²) < 4.78 is 56.7. The molecule has 0 fully saturated rings. The summed E-state index contributed by atoms with van der Waals surface area (Å²) in [7, 11) is 0. The molecule has 2 aromatic rings. The Morgan fingerprint density at radius 2 is 1.89 bits per heavy atom. The zero-order valence-electron chi connectivity index (χ0n) is 18.8. The van der Waals surface area contributed by atoms with Crippen molar-refractivity contribution in [3.8, 4) is 17.2 Å². The van der Waals surface area contributed by atoms with Crippen molar-refractivity contribution >= 4 is 18.1 Å². The lowest BCUT2D eigenvalue weighted by molar-refractivity contribution is -0.274. The van der Waals surface area contributed by atoms with Crippen molar-refractivity contribution in [1.29, 1.82) is 0 Å². The number of carbonyl (C=O) groups excluding carboxylic acids is 2. The maximum absolute atomic E-state index is 13.0. The van der Waals surface area contributed by atoms with Gasteiger partial charge in [-0.3, -0.25) is 14.6 Å². The van der Waals surface area contributed by atoms with Crippen LogP contribution in [0.1, 0.15) is 23.6 Å². The van der Waals surface area contributed by atoms with E-state index < -0.39 is 24.1 Å². The average molecular weight is 508 g/mol. The summed E-state index contributed by atoms with van der Waals surface area (Å²) in [6, 6.07) is 7.80. The quantitative estimate of drug-likeness (QED) is 0.212. The Morgan fingerprint density at radius 1 is 1.19 bits per heavy atom. The molecule has 1 amide bonds. The van der Waals surface area contributed by atoms with Crippen molar-refractivity contribution in [2.75, 3.05) is 18.4 Å². The minimum atomic E-state index is -4.82. The van der Waals surface area contributed by atoms with Gasteiger partial charge in [0.2, 0.25) is 6.79 Å². The van der Waals surface area contributed by atoms with E-state index in [0.717, 1.165) is 34.5 Å². The molecule has 2 unspecified atom stereocenters. The molecule has 2 aromatic carbocycles. The second kappa shape index (κ2) is 10.2. The molecule has 36 heavy (non-hydrogen) atoms. The molecule has 4 rings (SSSR count). The highest BCUT2D eigenvalue weighted by atomic mass is 19.4. The third kappa shape index (κ3) is 5.74. The summed E-state index contributed by atoms with van der Waals surface area (Å²) in [6.45, 7) is 0.527. The zero-order valence-corrected chi connectivity index (χ0v) is 18.8. The van der Waals surface area contributed by atoms with Gasteiger partial charge in [0.15, 0.2) is 11.5 Å². The number of aryl methyl sites for hydroxylation is 1. The van der Waals surface area contributed by atoms with Gasteiger partial charge in [0.1, 0.15) is 11.4 Å². The minimum absolute atomic E-state index is 0.0846. The van der Waals surface area contributed by atoms with E-state index in [1.54, 1.807) is 6.07 Å². The van der Waals surface area contributed by atoms with Crippen LogP contribution in [0.4, 0.5) is 18.9 Å². The molecule has 0 aromatic heterocycles. The molecule has 0 bridgehead atoms. The van der Waals surface area contributed by atoms with Crippen LogP contribution in [0.25, 0.3) is 0 Å². The minimum Gasteiger partial charge on any atom is -0.468 e. The van der Waals surface area contributed by atoms with E-state index in [0.29, 0.717) is 30.8 Å². The number of halogens is 3. The molecule has 1 aliphatic carbocycles. The molecule has 0 radical (unpaired) electrons. The van der Waals surface area contributed by atoms with Crippen LogP contribution in [0.15, 0.2) is 48.3 Å². The molecule has 1 heterocycles. The highest BCUT2D eigenvalue weighted by molar-refractivity contribution is 5.93. The van der Waals surface area contributed by atoms with Crippen LogP contribution >= 0.6 is 0 Å². The van der Waals surface area contributed by atoms with E-state index in [4.69, 9.17) is 25.8 Å². The number of alkyl halides is 3. The van der Waals surface area contributed by atoms with E-state index in [9.17, 15) is 22.8 Å². The summed E-state index contributed by atoms with van der Waals surface area (Å²) in [5.74, 6) is 5.79. The van der Waals surface area contributed by atoms with Crippen LogP contribution in [0.2, 0.25) is 0 Å². The number of nitrogens with two attached hydrogens (primary N) is 2. The van der Waals surface area contributed by atoms with Crippen molar-refractivity contribution in [3.05, 3.63) is 59.4 Å². The predicted molar refractivity (Wildman–Crippen MR) is 119 cm³/mol. The Bertz CT molecular complexity index is 1160. The maximum Gasteiger partial charge on any atom is 0.573 e. The summed E-state index contributed by atoms with van der Waals surface area (Å²) in [5.41, 5.74) is 7.71. The van der Waals surface area contributed by atoms with Crippen LogP contribution in [0, 0.1) is 5.92 Å². The molecular weight excluding hydrogens is 485 g/mol. The molecule has 0 saturated heterocycles. The van der Waals surface area contributed by atoms with Crippen molar-refractivity contribution in [3.63, 3.8) is 0 Å². The van der Waals surface area contributed by atoms with Crippen LogP contribution in [0.3, 0.4) is 0 Å². The fraction of sp³-hybridized carbons (Fsp3) is 0.304. The Labute approximate surface area is 203 Å². The monoisotopic (exact) mass is 508 g/mol. The van der Waals surface area contributed by atoms with Gasteiger partial charge in [0, 0.05) is 12.1 Å². The first-order valence-electron chi connectivity index (χ1n) is 10.8. The number of rotatable bonds is 8. The van der Waals surface area contributed by atoms with Crippen LogP contribution in [-0.2, 0) is 20.7 Å². The number of ether oxygens (including phenoxy) is 4. The number of fused-ring (bicyclic) bond motifs is 2. The summed E-state index contributed by atoms with van der Waals surface area (Å²) >= 11 is 0. The van der Waals surface area contributed by atoms with Gasteiger partial charge >= 0.3 is 6.36 Å². The number of hydrazine groups is 1. The number of nitrogens with one attached hydrogen (secondary N) is 1. The van der Waals surface area contributed by atoms with Gasteiger partial charge in [-0.05, 0) is 60.4 Å². The van der Waals surface area contributed by atoms with Crippen molar-refractivity contribution in [2.24, 2.45) is 17.5 Å². The fourth-order valence-corrected chi connectivity index (χ4v) is 4.13. The average Bonchev–Trinajstić information content (AvgIpc) is 3.29. The number of hydrogen-bond acceptors (Lipinski definition) is 9. The molecule has 2 aliphatic rings. The molecule has 0 saturated carbocycles. The van der Waals surface area contributed by atoms with E-state index in [-0.39, 0.29) is 30.7 Å². The van der Waals surface area contributed by atoms with Gasteiger partial charge in [-0.2, -0.15) is 0 Å². The van der Waals surface area contributed by atoms with Crippen LogP contribution < -0.4 is 36.1 Å². The molecule has 5 N–H and O–H groups in total. The predicted octanol–water partition coefficient (Wildman–Crippen LogP) is 2.39. The van der Waals surface area contributed by atoms with E-state index in [2.05, 4.69) is 10.1 Å². The first-order valence-corrected chi connectivity index (χ1v) is 10.8. The standard InChI is InChI=1S/C23H23F3N4O6/c24-23(25,26)36-16-5-3-15(4-6-16)30(28)9-18(27)22(32)29-21-14(10-33-11-31)2-1-13-7-19-20(8-17(13)21)35-12-34-19/h3-9,11,14,21H,1-2,10,12,27-28H2,(H,29,32)/b18-9-. The number of amides is 1. The van der Waals surface area contributed by atoms with E-state index in [1.165, 1.54) is 12.1 Å². The summed E-state index contributed by atoms with van der Waals surface area (Å²) in [4.78, 5) is 23.7. The molecule has 13 heteroatoms. The second-order valence-corrected chi connectivity index (χ2v) is 8.12. The van der Waals surface area contributed by atoms with E-state index >= 15 is 0 Å². The molecular formula is C23H23F3N4O6. The third-order valence-electron chi connectivity index (χ3n) is 5.80. The van der Waals surface area contributed by atoms with Crippen molar-refractivity contribution in [1.82, 2.24) is 5.32 Å². The second-order valence-electron chi connectivity index (χ2n) is 8.12. The van der Waals surface area contributed by atoms with Gasteiger partial charge < -0.3 is 30.0 Å². The number of carbonyl (C=O) groups is 2. The van der Waals surface area contributed by atoms with Gasteiger partial charge in [0.05, 0.1) is 18.3 Å². The molecule has 10 nitrogen and oxygen atoms in total. The summed E-state index contributed by atoms with van der Waals surface area (Å²) in [6.07, 6.45) is -2.38. The molecule has 0 spiro atoms. The lowest BCUT2D eigenvalue weighted by Gasteiger charge is -2.34. The lowest BCUT2D eigenvalue weighted by Crippen LogP contribution is -2.41. The first kappa shape index (κ1) is 25.0. The van der Waals surface area contributed by atoms with Crippen molar-refractivity contribution < 1.29 is 41.7 Å². The maximum atomic E-state index is 13.0. The summed E-state index contributed by atoms with van der Waals surface area (Å²) in [5, 5.41) is 3.86. The number of benzene rings is 2.